The van der Waals surface area contributed by atoms with Crippen molar-refractivity contribution in [2.75, 3.05) is 5.06 Å². The first-order chi connectivity index (χ1) is 12.2. The average molecular weight is 337 g/mol. The summed E-state index contributed by atoms with van der Waals surface area (Å²) in [5.74, 6) is 0.291. The summed E-state index contributed by atoms with van der Waals surface area (Å²) < 4.78 is 0. The zero-order valence-electron chi connectivity index (χ0n) is 15.1. The van der Waals surface area contributed by atoms with Gasteiger partial charge in [-0.3, -0.25) is 9.63 Å². The fourth-order valence-corrected chi connectivity index (χ4v) is 3.55. The lowest BCUT2D eigenvalue weighted by molar-refractivity contribution is 0.0628. The minimum atomic E-state index is -0.281. The highest BCUT2D eigenvalue weighted by atomic mass is 16.7. The number of benzene rings is 2. The lowest BCUT2D eigenvalue weighted by atomic mass is 9.88. The van der Waals surface area contributed by atoms with E-state index in [1.165, 1.54) is 12.8 Å². The van der Waals surface area contributed by atoms with Gasteiger partial charge in [-0.15, -0.1) is 0 Å². The van der Waals surface area contributed by atoms with E-state index in [1.807, 2.05) is 65.7 Å². The van der Waals surface area contributed by atoms with Crippen molar-refractivity contribution in [1.29, 1.82) is 0 Å². The topological polar surface area (TPSA) is 29.5 Å². The van der Waals surface area contributed by atoms with Gasteiger partial charge in [-0.05, 0) is 18.6 Å². The maximum atomic E-state index is 13.2. The van der Waals surface area contributed by atoms with Gasteiger partial charge in [0.1, 0.15) is 6.04 Å². The Bertz CT molecular complexity index is 671. The predicted octanol–water partition coefficient (Wildman–Crippen LogP) is 5.27. The van der Waals surface area contributed by atoms with E-state index in [0.29, 0.717) is 0 Å². The van der Waals surface area contributed by atoms with Crippen molar-refractivity contribution in [3.8, 4) is 0 Å². The minimum Gasteiger partial charge on any atom is -0.292 e. The van der Waals surface area contributed by atoms with Gasteiger partial charge < -0.3 is 0 Å². The maximum Gasteiger partial charge on any atom is 0.188 e. The molecule has 0 spiro atoms. The van der Waals surface area contributed by atoms with Gasteiger partial charge in [0.05, 0.1) is 11.8 Å². The predicted molar refractivity (Wildman–Crippen MR) is 102 cm³/mol. The van der Waals surface area contributed by atoms with Gasteiger partial charge in [0.2, 0.25) is 0 Å². The Kier molecular flexibility index (Phi) is 5.87. The summed E-state index contributed by atoms with van der Waals surface area (Å²) >= 11 is 0. The molecule has 0 aliphatic carbocycles. The van der Waals surface area contributed by atoms with Crippen molar-refractivity contribution in [1.82, 2.24) is 0 Å². The van der Waals surface area contributed by atoms with E-state index in [-0.39, 0.29) is 23.8 Å². The first-order valence-corrected chi connectivity index (χ1v) is 9.32. The molecule has 0 aromatic heterocycles. The first kappa shape index (κ1) is 17.7. The van der Waals surface area contributed by atoms with Crippen LogP contribution in [0.15, 0.2) is 60.7 Å². The number of hydrogen-bond acceptors (Lipinski definition) is 3. The molecular weight excluding hydrogens is 310 g/mol. The Morgan fingerprint density at radius 3 is 2.28 bits per heavy atom. The van der Waals surface area contributed by atoms with Crippen LogP contribution in [0.2, 0.25) is 0 Å². The van der Waals surface area contributed by atoms with E-state index in [1.54, 1.807) is 0 Å². The van der Waals surface area contributed by atoms with Crippen LogP contribution in [0.5, 0.6) is 0 Å². The molecule has 3 unspecified atom stereocenters. The van der Waals surface area contributed by atoms with Gasteiger partial charge in [-0.1, -0.05) is 81.6 Å². The van der Waals surface area contributed by atoms with Gasteiger partial charge in [0.15, 0.2) is 5.78 Å². The molecule has 3 heteroatoms. The van der Waals surface area contributed by atoms with Crippen molar-refractivity contribution < 1.29 is 9.63 Å². The van der Waals surface area contributed by atoms with Crippen molar-refractivity contribution in [3.05, 3.63) is 66.2 Å². The lowest BCUT2D eigenvalue weighted by Crippen LogP contribution is -2.38. The molecule has 1 fully saturated rings. The molecule has 2 aromatic rings. The smallest absolute Gasteiger partial charge is 0.188 e. The molecule has 0 saturated carbocycles. The average Bonchev–Trinajstić information content (AvgIpc) is 2.99. The summed E-state index contributed by atoms with van der Waals surface area (Å²) in [5, 5.41) is 1.84. The number of hydrogen-bond donors (Lipinski definition) is 0. The number of Topliss-reactive ketones (excluding diaryl/α,β-unsaturated/α-hetero) is 1. The quantitative estimate of drug-likeness (QED) is 0.509. The van der Waals surface area contributed by atoms with E-state index in [0.717, 1.165) is 24.1 Å². The third-order valence-electron chi connectivity index (χ3n) is 5.02. The number of carbonyl (C=O) groups excluding carboxylic acids is 1. The van der Waals surface area contributed by atoms with Crippen LogP contribution in [0.1, 0.15) is 49.9 Å². The third-order valence-corrected chi connectivity index (χ3v) is 5.02. The summed E-state index contributed by atoms with van der Waals surface area (Å²) in [5.41, 5.74) is 1.69. The molecule has 3 rings (SSSR count). The second-order valence-electron chi connectivity index (χ2n) is 6.84. The SMILES string of the molecule is CCCCCC1ON(c2ccccc2)C(C(=O)c2ccccc2)C1C. The van der Waals surface area contributed by atoms with E-state index in [2.05, 4.69) is 13.8 Å². The molecule has 0 radical (unpaired) electrons. The molecule has 3 nitrogen and oxygen atoms in total. The molecule has 132 valence electrons. The number of anilines is 1. The Balaban J connectivity index is 1.86. The van der Waals surface area contributed by atoms with E-state index < -0.39 is 0 Å². The summed E-state index contributed by atoms with van der Waals surface area (Å²) in [7, 11) is 0. The van der Waals surface area contributed by atoms with Crippen LogP contribution in [-0.4, -0.2) is 17.9 Å². The van der Waals surface area contributed by atoms with Crippen LogP contribution in [0.25, 0.3) is 0 Å². The molecule has 0 amide bonds. The number of para-hydroxylation sites is 1. The fourth-order valence-electron chi connectivity index (χ4n) is 3.55. The van der Waals surface area contributed by atoms with Crippen molar-refractivity contribution in [2.24, 2.45) is 5.92 Å². The normalized spacial score (nSPS) is 23.0. The van der Waals surface area contributed by atoms with Gasteiger partial charge in [-0.2, -0.15) is 0 Å². The maximum absolute atomic E-state index is 13.2. The number of hydroxylamine groups is 1. The largest absolute Gasteiger partial charge is 0.292 e. The highest BCUT2D eigenvalue weighted by molar-refractivity contribution is 6.02. The summed E-state index contributed by atoms with van der Waals surface area (Å²) in [6.45, 7) is 4.35. The second kappa shape index (κ2) is 8.30. The number of unbranched alkanes of at least 4 members (excludes halogenated alkanes) is 2. The van der Waals surface area contributed by atoms with Crippen LogP contribution in [0.4, 0.5) is 5.69 Å². The first-order valence-electron chi connectivity index (χ1n) is 9.32. The number of rotatable bonds is 7. The second-order valence-corrected chi connectivity index (χ2v) is 6.84. The minimum absolute atomic E-state index is 0.0874. The van der Waals surface area contributed by atoms with Crippen LogP contribution >= 0.6 is 0 Å². The van der Waals surface area contributed by atoms with Gasteiger partial charge in [0.25, 0.3) is 0 Å². The summed E-state index contributed by atoms with van der Waals surface area (Å²) in [6, 6.07) is 19.2. The zero-order valence-corrected chi connectivity index (χ0v) is 15.1. The zero-order chi connectivity index (χ0) is 17.6. The van der Waals surface area contributed by atoms with E-state index in [9.17, 15) is 4.79 Å². The van der Waals surface area contributed by atoms with Gasteiger partial charge in [0, 0.05) is 11.5 Å². The van der Waals surface area contributed by atoms with Crippen molar-refractivity contribution in [3.63, 3.8) is 0 Å². The van der Waals surface area contributed by atoms with Crippen LogP contribution in [0.3, 0.4) is 0 Å². The Labute approximate surface area is 150 Å². The van der Waals surface area contributed by atoms with E-state index >= 15 is 0 Å². The van der Waals surface area contributed by atoms with Gasteiger partial charge in [-0.25, -0.2) is 5.06 Å². The third kappa shape index (κ3) is 3.93. The lowest BCUT2D eigenvalue weighted by Gasteiger charge is -2.25. The van der Waals surface area contributed by atoms with Crippen LogP contribution in [0, 0.1) is 5.92 Å². The number of ketones is 1. The Morgan fingerprint density at radius 1 is 1.00 bits per heavy atom. The molecule has 25 heavy (non-hydrogen) atoms. The van der Waals surface area contributed by atoms with Crippen LogP contribution < -0.4 is 5.06 Å². The molecule has 3 atom stereocenters. The monoisotopic (exact) mass is 337 g/mol. The molecular formula is C22H27NO2. The standard InChI is InChI=1S/C22H27NO2/c1-3-4-7-16-20-17(2)21(22(24)18-12-8-5-9-13-18)23(25-20)19-14-10-6-11-15-19/h5-6,8-15,17,20-21H,3-4,7,16H2,1-2H3. The van der Waals surface area contributed by atoms with Crippen LogP contribution in [-0.2, 0) is 4.84 Å². The molecule has 0 bridgehead atoms. The molecule has 1 aliphatic heterocycles. The van der Waals surface area contributed by atoms with Crippen molar-refractivity contribution in [2.45, 2.75) is 51.7 Å². The highest BCUT2D eigenvalue weighted by Gasteiger charge is 2.44. The van der Waals surface area contributed by atoms with Gasteiger partial charge >= 0.3 is 0 Å². The molecule has 1 heterocycles. The number of nitrogens with zero attached hydrogens (tertiary/aromatic N) is 1. The number of carbonyl (C=O) groups is 1. The van der Waals surface area contributed by atoms with Crippen molar-refractivity contribution >= 4 is 11.5 Å². The highest BCUT2D eigenvalue weighted by Crippen LogP contribution is 2.36. The van der Waals surface area contributed by atoms with E-state index in [4.69, 9.17) is 4.84 Å². The molecule has 2 aromatic carbocycles. The molecule has 0 N–H and O–H groups in total. The Hall–Kier alpha value is -2.13. The summed E-state index contributed by atoms with van der Waals surface area (Å²) in [4.78, 5) is 19.5. The molecule has 1 saturated heterocycles. The Morgan fingerprint density at radius 2 is 1.64 bits per heavy atom. The molecule has 1 aliphatic rings. The fraction of sp³-hybridized carbons (Fsp3) is 0.409. The summed E-state index contributed by atoms with van der Waals surface area (Å²) in [6.07, 6.45) is 4.62.